The molecule has 0 aliphatic carbocycles. The van der Waals surface area contributed by atoms with Crippen LogP contribution < -0.4 is 15.5 Å². The maximum absolute atomic E-state index is 12.1. The second-order valence-electron chi connectivity index (χ2n) is 6.38. The summed E-state index contributed by atoms with van der Waals surface area (Å²) in [5.74, 6) is 0. The van der Waals surface area contributed by atoms with E-state index in [1.807, 2.05) is 42.5 Å². The Morgan fingerprint density at radius 2 is 1.42 bits per heavy atom. The number of aryl methyl sites for hydroxylation is 1. The molecule has 3 aromatic carbocycles. The summed E-state index contributed by atoms with van der Waals surface area (Å²) in [6, 6.07) is 25.7. The molecule has 1 aliphatic heterocycles. The average molecular weight is 343 g/mol. The zero-order valence-corrected chi connectivity index (χ0v) is 14.5. The molecule has 4 heteroatoms. The van der Waals surface area contributed by atoms with Gasteiger partial charge in [-0.3, -0.25) is 0 Å². The maximum atomic E-state index is 12.1. The van der Waals surface area contributed by atoms with E-state index in [1.54, 1.807) is 0 Å². The fourth-order valence-corrected chi connectivity index (χ4v) is 3.34. The highest BCUT2D eigenvalue weighted by molar-refractivity contribution is 5.99. The fourth-order valence-electron chi connectivity index (χ4n) is 3.34. The number of urea groups is 1. The minimum atomic E-state index is -0.243. The highest BCUT2D eigenvalue weighted by Crippen LogP contribution is 2.33. The first kappa shape index (κ1) is 16.2. The van der Waals surface area contributed by atoms with Gasteiger partial charge in [0.2, 0.25) is 0 Å². The van der Waals surface area contributed by atoms with Gasteiger partial charge in [0.25, 0.3) is 0 Å². The summed E-state index contributed by atoms with van der Waals surface area (Å²) >= 11 is 0. The van der Waals surface area contributed by atoms with Gasteiger partial charge in [-0.05, 0) is 60.9 Å². The topological polar surface area (TPSA) is 44.4 Å². The first-order chi connectivity index (χ1) is 12.8. The van der Waals surface area contributed by atoms with E-state index in [1.165, 1.54) is 11.3 Å². The number of nitrogens with one attached hydrogen (secondary N) is 2. The number of fused-ring (bicyclic) bond motifs is 1. The van der Waals surface area contributed by atoms with E-state index in [9.17, 15) is 4.79 Å². The molecule has 2 amide bonds. The van der Waals surface area contributed by atoms with Crippen LogP contribution in [0.3, 0.4) is 0 Å². The van der Waals surface area contributed by atoms with Gasteiger partial charge in [0, 0.05) is 29.3 Å². The molecule has 0 saturated heterocycles. The van der Waals surface area contributed by atoms with E-state index in [4.69, 9.17) is 0 Å². The Hall–Kier alpha value is -3.27. The van der Waals surface area contributed by atoms with Crippen LogP contribution in [-0.2, 0) is 6.42 Å². The highest BCUT2D eigenvalue weighted by atomic mass is 16.2. The summed E-state index contributed by atoms with van der Waals surface area (Å²) in [7, 11) is 0. The van der Waals surface area contributed by atoms with Crippen molar-refractivity contribution in [2.24, 2.45) is 0 Å². The summed E-state index contributed by atoms with van der Waals surface area (Å²) in [6.45, 7) is 1.01. The van der Waals surface area contributed by atoms with Crippen molar-refractivity contribution in [3.05, 3.63) is 84.4 Å². The van der Waals surface area contributed by atoms with Gasteiger partial charge in [0.05, 0.1) is 0 Å². The van der Waals surface area contributed by atoms with Gasteiger partial charge in [-0.2, -0.15) is 0 Å². The first-order valence-electron chi connectivity index (χ1n) is 8.88. The number of hydrogen-bond donors (Lipinski definition) is 2. The van der Waals surface area contributed by atoms with E-state index >= 15 is 0 Å². The largest absolute Gasteiger partial charge is 0.341 e. The molecule has 0 radical (unpaired) electrons. The Labute approximate surface area is 153 Å². The molecular formula is C22H21N3O. The molecule has 0 saturated carbocycles. The lowest BCUT2D eigenvalue weighted by Crippen LogP contribution is -2.24. The van der Waals surface area contributed by atoms with Gasteiger partial charge in [-0.1, -0.05) is 36.4 Å². The van der Waals surface area contributed by atoms with E-state index in [-0.39, 0.29) is 6.03 Å². The maximum Gasteiger partial charge on any atom is 0.323 e. The summed E-state index contributed by atoms with van der Waals surface area (Å²) in [4.78, 5) is 14.4. The zero-order valence-electron chi connectivity index (χ0n) is 14.5. The number of amides is 2. The molecule has 1 heterocycles. The summed E-state index contributed by atoms with van der Waals surface area (Å²) in [6.07, 6.45) is 2.28. The van der Waals surface area contributed by atoms with E-state index in [0.29, 0.717) is 0 Å². The minimum Gasteiger partial charge on any atom is -0.341 e. The van der Waals surface area contributed by atoms with Crippen molar-refractivity contribution >= 4 is 28.8 Å². The third kappa shape index (κ3) is 3.54. The van der Waals surface area contributed by atoms with Crippen LogP contribution in [-0.4, -0.2) is 12.6 Å². The molecule has 2 N–H and O–H groups in total. The number of benzene rings is 3. The van der Waals surface area contributed by atoms with Crippen LogP contribution >= 0.6 is 0 Å². The molecule has 4 rings (SSSR count). The summed E-state index contributed by atoms with van der Waals surface area (Å²) in [5.41, 5.74) is 5.36. The fraction of sp³-hybridized carbons (Fsp3) is 0.136. The molecule has 0 atom stereocenters. The molecule has 26 heavy (non-hydrogen) atoms. The van der Waals surface area contributed by atoms with Crippen LogP contribution in [0.25, 0.3) is 0 Å². The van der Waals surface area contributed by atoms with E-state index in [0.717, 1.165) is 36.4 Å². The molecular weight excluding hydrogens is 322 g/mol. The monoisotopic (exact) mass is 343 g/mol. The number of para-hydroxylation sites is 2. The second kappa shape index (κ2) is 7.31. The van der Waals surface area contributed by atoms with Gasteiger partial charge in [-0.15, -0.1) is 0 Å². The average Bonchev–Trinajstić information content (AvgIpc) is 2.69. The lowest BCUT2D eigenvalue weighted by Gasteiger charge is -2.31. The molecule has 3 aromatic rings. The van der Waals surface area contributed by atoms with Gasteiger partial charge in [0.1, 0.15) is 0 Å². The third-order valence-electron chi connectivity index (χ3n) is 4.58. The Kier molecular flexibility index (Phi) is 4.56. The molecule has 4 nitrogen and oxygen atoms in total. The number of nitrogens with zero attached hydrogens (tertiary/aromatic N) is 1. The SMILES string of the molecule is O=C(Nc1ccccc1)Nc1ccc(N2CCCc3ccccc32)cc1. The number of carbonyl (C=O) groups is 1. The van der Waals surface area contributed by atoms with Crippen LogP contribution in [0.4, 0.5) is 27.5 Å². The molecule has 0 fully saturated rings. The number of hydrogen-bond acceptors (Lipinski definition) is 2. The van der Waals surface area contributed by atoms with Crippen molar-refractivity contribution in [3.63, 3.8) is 0 Å². The number of rotatable bonds is 3. The second-order valence-corrected chi connectivity index (χ2v) is 6.38. The third-order valence-corrected chi connectivity index (χ3v) is 4.58. The standard InChI is InChI=1S/C22H21N3O/c26-22(23-18-9-2-1-3-10-18)24-19-12-14-20(15-13-19)25-16-6-8-17-7-4-5-11-21(17)25/h1-5,7,9-15H,6,8,16H2,(H2,23,24,26). The predicted octanol–water partition coefficient (Wildman–Crippen LogP) is 5.41. The van der Waals surface area contributed by atoms with Crippen molar-refractivity contribution in [1.82, 2.24) is 0 Å². The predicted molar refractivity (Wildman–Crippen MR) is 107 cm³/mol. The van der Waals surface area contributed by atoms with Gasteiger partial charge >= 0.3 is 6.03 Å². The van der Waals surface area contributed by atoms with E-state index < -0.39 is 0 Å². The first-order valence-corrected chi connectivity index (χ1v) is 8.88. The molecule has 0 aromatic heterocycles. The molecule has 0 spiro atoms. The summed E-state index contributed by atoms with van der Waals surface area (Å²) < 4.78 is 0. The lowest BCUT2D eigenvalue weighted by molar-refractivity contribution is 0.262. The quantitative estimate of drug-likeness (QED) is 0.667. The van der Waals surface area contributed by atoms with Crippen molar-refractivity contribution < 1.29 is 4.79 Å². The van der Waals surface area contributed by atoms with Crippen molar-refractivity contribution in [3.8, 4) is 0 Å². The van der Waals surface area contributed by atoms with Gasteiger partial charge in [-0.25, -0.2) is 4.79 Å². The zero-order chi connectivity index (χ0) is 17.8. The molecule has 1 aliphatic rings. The Morgan fingerprint density at radius 1 is 0.769 bits per heavy atom. The van der Waals surface area contributed by atoms with Crippen LogP contribution in [0.5, 0.6) is 0 Å². The van der Waals surface area contributed by atoms with E-state index in [2.05, 4.69) is 51.9 Å². The summed E-state index contributed by atoms with van der Waals surface area (Å²) in [5, 5.41) is 5.69. The molecule has 0 bridgehead atoms. The molecule has 0 unspecified atom stereocenters. The van der Waals surface area contributed by atoms with Crippen LogP contribution in [0.2, 0.25) is 0 Å². The van der Waals surface area contributed by atoms with Gasteiger partial charge < -0.3 is 15.5 Å². The Bertz CT molecular complexity index is 891. The molecule has 130 valence electrons. The normalized spacial score (nSPS) is 13.0. The van der Waals surface area contributed by atoms with Crippen molar-refractivity contribution in [2.75, 3.05) is 22.1 Å². The minimum absolute atomic E-state index is 0.243. The Balaban J connectivity index is 1.45. The number of carbonyl (C=O) groups excluding carboxylic acids is 1. The van der Waals surface area contributed by atoms with Crippen LogP contribution in [0.1, 0.15) is 12.0 Å². The smallest absolute Gasteiger partial charge is 0.323 e. The Morgan fingerprint density at radius 3 is 2.19 bits per heavy atom. The van der Waals surface area contributed by atoms with Crippen molar-refractivity contribution in [2.45, 2.75) is 12.8 Å². The van der Waals surface area contributed by atoms with Crippen LogP contribution in [0.15, 0.2) is 78.9 Å². The highest BCUT2D eigenvalue weighted by Gasteiger charge is 2.17. The number of anilines is 4. The van der Waals surface area contributed by atoms with Crippen molar-refractivity contribution in [1.29, 1.82) is 0 Å². The lowest BCUT2D eigenvalue weighted by atomic mass is 10.0. The van der Waals surface area contributed by atoms with Crippen LogP contribution in [0, 0.1) is 0 Å². The van der Waals surface area contributed by atoms with Gasteiger partial charge in [0.15, 0.2) is 0 Å².